The number of nitrogens with one attached hydrogen (secondary N) is 1. The fraction of sp³-hybridized carbons (Fsp3) is 0.727. The molecule has 1 unspecified atom stereocenters. The molecule has 3 N–H and O–H groups in total. The summed E-state index contributed by atoms with van der Waals surface area (Å²) in [6, 6.07) is -0.458. The van der Waals surface area contributed by atoms with Crippen LogP contribution >= 0.6 is 0 Å². The number of hydrogen-bond donors (Lipinski definition) is 2. The summed E-state index contributed by atoms with van der Waals surface area (Å²) in [5.41, 5.74) is 5.76. The van der Waals surface area contributed by atoms with Gasteiger partial charge in [0, 0.05) is 6.54 Å². The summed E-state index contributed by atoms with van der Waals surface area (Å²) >= 11 is 0. The van der Waals surface area contributed by atoms with E-state index in [0.29, 0.717) is 13.0 Å². The van der Waals surface area contributed by atoms with E-state index in [1.165, 1.54) is 0 Å². The van der Waals surface area contributed by atoms with Crippen LogP contribution in [0.1, 0.15) is 33.6 Å². The Morgan fingerprint density at radius 3 is 2.64 bits per heavy atom. The summed E-state index contributed by atoms with van der Waals surface area (Å²) in [4.78, 5) is 11.4. The molecule has 0 aromatic carbocycles. The maximum absolute atomic E-state index is 11.4. The molecule has 0 fully saturated rings. The zero-order valence-corrected chi connectivity index (χ0v) is 9.47. The lowest BCUT2D eigenvalue weighted by Gasteiger charge is -2.23. The van der Waals surface area contributed by atoms with Crippen LogP contribution in [0.25, 0.3) is 0 Å². The number of amides is 1. The molecule has 1 atom stereocenters. The topological polar surface area (TPSA) is 55.1 Å². The predicted molar refractivity (Wildman–Crippen MR) is 59.9 cm³/mol. The molecule has 82 valence electrons. The summed E-state index contributed by atoms with van der Waals surface area (Å²) in [6.07, 6.45) is 3.22. The molecule has 0 saturated carbocycles. The first-order valence-corrected chi connectivity index (χ1v) is 5.07. The van der Waals surface area contributed by atoms with Gasteiger partial charge in [0.1, 0.15) is 0 Å². The molecule has 0 spiro atoms. The molecule has 1 amide bonds. The van der Waals surface area contributed by atoms with Gasteiger partial charge in [-0.1, -0.05) is 26.8 Å². The van der Waals surface area contributed by atoms with Gasteiger partial charge in [0.25, 0.3) is 0 Å². The molecule has 14 heavy (non-hydrogen) atoms. The Kier molecular flexibility index (Phi) is 5.46. The van der Waals surface area contributed by atoms with Crippen LogP contribution in [0.3, 0.4) is 0 Å². The molecule has 0 aliphatic carbocycles. The number of carbonyl (C=O) groups is 1. The van der Waals surface area contributed by atoms with Crippen molar-refractivity contribution in [1.29, 1.82) is 0 Å². The van der Waals surface area contributed by atoms with Gasteiger partial charge in [0.15, 0.2) is 0 Å². The predicted octanol–water partition coefficient (Wildman–Crippen LogP) is 1.44. The molecule has 0 saturated heterocycles. The molecule has 0 aliphatic rings. The normalized spacial score (nSPS) is 13.4. The van der Waals surface area contributed by atoms with E-state index in [2.05, 4.69) is 32.7 Å². The van der Waals surface area contributed by atoms with Gasteiger partial charge in [-0.2, -0.15) is 0 Å². The van der Waals surface area contributed by atoms with E-state index in [-0.39, 0.29) is 11.3 Å². The van der Waals surface area contributed by atoms with Crippen LogP contribution < -0.4 is 11.1 Å². The molecule has 0 radical (unpaired) electrons. The van der Waals surface area contributed by atoms with E-state index in [0.717, 1.165) is 6.42 Å². The first-order valence-electron chi connectivity index (χ1n) is 5.07. The minimum absolute atomic E-state index is 0.0913. The highest BCUT2D eigenvalue weighted by molar-refractivity contribution is 5.81. The Morgan fingerprint density at radius 1 is 1.64 bits per heavy atom. The second-order valence-electron chi connectivity index (χ2n) is 4.37. The third-order valence-corrected chi connectivity index (χ3v) is 2.46. The van der Waals surface area contributed by atoms with E-state index in [4.69, 9.17) is 5.73 Å². The van der Waals surface area contributed by atoms with Crippen molar-refractivity contribution in [2.45, 2.75) is 39.7 Å². The number of hydrogen-bond acceptors (Lipinski definition) is 2. The Morgan fingerprint density at radius 2 is 2.21 bits per heavy atom. The summed E-state index contributed by atoms with van der Waals surface area (Å²) in [5.74, 6) is -0.0913. The van der Waals surface area contributed by atoms with Crippen molar-refractivity contribution in [2.75, 3.05) is 6.54 Å². The van der Waals surface area contributed by atoms with E-state index in [9.17, 15) is 4.79 Å². The van der Waals surface area contributed by atoms with Gasteiger partial charge in [0.05, 0.1) is 6.04 Å². The van der Waals surface area contributed by atoms with Gasteiger partial charge in [-0.15, -0.1) is 6.58 Å². The van der Waals surface area contributed by atoms with Crippen molar-refractivity contribution >= 4 is 5.91 Å². The lowest BCUT2D eigenvalue weighted by molar-refractivity contribution is -0.122. The minimum Gasteiger partial charge on any atom is -0.354 e. The molecular weight excluding hydrogens is 176 g/mol. The number of nitrogens with two attached hydrogens (primary N) is 1. The van der Waals surface area contributed by atoms with Crippen LogP contribution in [0.5, 0.6) is 0 Å². The second kappa shape index (κ2) is 5.81. The van der Waals surface area contributed by atoms with E-state index >= 15 is 0 Å². The number of rotatable bonds is 6. The molecule has 0 aromatic heterocycles. The second-order valence-corrected chi connectivity index (χ2v) is 4.37. The van der Waals surface area contributed by atoms with Crippen LogP contribution in [0.2, 0.25) is 0 Å². The van der Waals surface area contributed by atoms with Gasteiger partial charge >= 0.3 is 0 Å². The van der Waals surface area contributed by atoms with Crippen molar-refractivity contribution in [1.82, 2.24) is 5.32 Å². The monoisotopic (exact) mass is 198 g/mol. The molecule has 0 bridgehead atoms. The van der Waals surface area contributed by atoms with Gasteiger partial charge in [-0.3, -0.25) is 4.79 Å². The Labute approximate surface area is 86.8 Å². The van der Waals surface area contributed by atoms with Crippen molar-refractivity contribution in [3.8, 4) is 0 Å². The average molecular weight is 198 g/mol. The van der Waals surface area contributed by atoms with E-state index < -0.39 is 6.04 Å². The van der Waals surface area contributed by atoms with E-state index in [1.54, 1.807) is 6.08 Å². The fourth-order valence-corrected chi connectivity index (χ4v) is 0.869. The first-order chi connectivity index (χ1) is 6.43. The van der Waals surface area contributed by atoms with Crippen LogP contribution in [0.15, 0.2) is 12.7 Å². The maximum atomic E-state index is 11.4. The van der Waals surface area contributed by atoms with E-state index in [1.807, 2.05) is 0 Å². The Balaban J connectivity index is 3.90. The van der Waals surface area contributed by atoms with Gasteiger partial charge in [-0.25, -0.2) is 0 Å². The molecule has 0 aliphatic heterocycles. The van der Waals surface area contributed by atoms with Gasteiger partial charge in [0.2, 0.25) is 5.91 Å². The molecular formula is C11H22N2O. The quantitative estimate of drug-likeness (QED) is 0.635. The highest BCUT2D eigenvalue weighted by atomic mass is 16.2. The van der Waals surface area contributed by atoms with Gasteiger partial charge in [-0.05, 0) is 18.3 Å². The SMILES string of the molecule is C=CCC(N)C(=O)NCC(C)(C)CC. The van der Waals surface area contributed by atoms with Crippen molar-refractivity contribution in [3.05, 3.63) is 12.7 Å². The van der Waals surface area contributed by atoms with Gasteiger partial charge < -0.3 is 11.1 Å². The van der Waals surface area contributed by atoms with Crippen LogP contribution in [0.4, 0.5) is 0 Å². The fourth-order valence-electron chi connectivity index (χ4n) is 0.869. The molecule has 0 aromatic rings. The smallest absolute Gasteiger partial charge is 0.237 e. The Bertz CT molecular complexity index is 199. The summed E-state index contributed by atoms with van der Waals surface area (Å²) in [6.45, 7) is 10.6. The van der Waals surface area contributed by atoms with Crippen LogP contribution in [-0.2, 0) is 4.79 Å². The molecule has 3 nitrogen and oxygen atoms in total. The van der Waals surface area contributed by atoms with Crippen LogP contribution in [0, 0.1) is 5.41 Å². The van der Waals surface area contributed by atoms with Crippen LogP contribution in [-0.4, -0.2) is 18.5 Å². The van der Waals surface area contributed by atoms with Crippen molar-refractivity contribution in [3.63, 3.8) is 0 Å². The van der Waals surface area contributed by atoms with Crippen molar-refractivity contribution in [2.24, 2.45) is 11.1 Å². The highest BCUT2D eigenvalue weighted by Crippen LogP contribution is 2.17. The average Bonchev–Trinajstić information content (AvgIpc) is 2.15. The standard InChI is InChI=1S/C11H22N2O/c1-5-7-9(12)10(14)13-8-11(3,4)6-2/h5,9H,1,6-8,12H2,2-4H3,(H,13,14). The molecule has 3 heteroatoms. The summed E-state index contributed by atoms with van der Waals surface area (Å²) in [5, 5.41) is 2.85. The summed E-state index contributed by atoms with van der Waals surface area (Å²) in [7, 11) is 0. The Hall–Kier alpha value is -0.830. The maximum Gasteiger partial charge on any atom is 0.237 e. The molecule has 0 rings (SSSR count). The zero-order valence-electron chi connectivity index (χ0n) is 9.47. The summed E-state index contributed by atoms with van der Waals surface area (Å²) < 4.78 is 0. The lowest BCUT2D eigenvalue weighted by Crippen LogP contribution is -2.43. The third-order valence-electron chi connectivity index (χ3n) is 2.46. The largest absolute Gasteiger partial charge is 0.354 e. The zero-order chi connectivity index (χ0) is 11.2. The molecule has 0 heterocycles. The third kappa shape index (κ3) is 5.02. The first kappa shape index (κ1) is 13.2. The lowest BCUT2D eigenvalue weighted by atomic mass is 9.90. The number of carbonyl (C=O) groups excluding carboxylic acids is 1. The van der Waals surface area contributed by atoms with Crippen molar-refractivity contribution < 1.29 is 4.79 Å². The minimum atomic E-state index is -0.458. The highest BCUT2D eigenvalue weighted by Gasteiger charge is 2.18.